The Morgan fingerprint density at radius 1 is 1.33 bits per heavy atom. The standard InChI is InChI=1S/C14H20N6.HI/c1-11(12-7-5-4-6-8-12)19-14(15-2)16-9-13-17-10-18-20(13)3;/h4-8,10-11H,9H2,1-3H3,(H2,15,16,19);1H. The van der Waals surface area contributed by atoms with Crippen molar-refractivity contribution in [2.24, 2.45) is 12.0 Å². The highest BCUT2D eigenvalue weighted by Crippen LogP contribution is 2.10. The summed E-state index contributed by atoms with van der Waals surface area (Å²) in [6.45, 7) is 2.68. The van der Waals surface area contributed by atoms with Crippen LogP contribution in [0.5, 0.6) is 0 Å². The molecule has 1 aromatic carbocycles. The Morgan fingerprint density at radius 3 is 2.62 bits per heavy atom. The average molecular weight is 400 g/mol. The highest BCUT2D eigenvalue weighted by Gasteiger charge is 2.08. The van der Waals surface area contributed by atoms with Crippen molar-refractivity contribution in [2.75, 3.05) is 7.05 Å². The summed E-state index contributed by atoms with van der Waals surface area (Å²) in [5.74, 6) is 1.60. The minimum Gasteiger partial charge on any atom is -0.350 e. The highest BCUT2D eigenvalue weighted by atomic mass is 127. The second kappa shape index (κ2) is 8.60. The smallest absolute Gasteiger partial charge is 0.191 e. The van der Waals surface area contributed by atoms with E-state index >= 15 is 0 Å². The van der Waals surface area contributed by atoms with Gasteiger partial charge < -0.3 is 10.6 Å². The van der Waals surface area contributed by atoms with Gasteiger partial charge in [0.25, 0.3) is 0 Å². The Bertz CT molecular complexity index is 566. The third-order valence-corrected chi connectivity index (χ3v) is 3.10. The van der Waals surface area contributed by atoms with E-state index in [0.717, 1.165) is 11.8 Å². The van der Waals surface area contributed by atoms with Crippen LogP contribution in [0.3, 0.4) is 0 Å². The molecule has 0 saturated heterocycles. The third kappa shape index (κ3) is 5.00. The van der Waals surface area contributed by atoms with E-state index in [2.05, 4.69) is 44.8 Å². The molecule has 1 atom stereocenters. The van der Waals surface area contributed by atoms with Crippen molar-refractivity contribution >= 4 is 29.9 Å². The van der Waals surface area contributed by atoms with E-state index in [1.807, 2.05) is 25.2 Å². The molecule has 0 radical (unpaired) electrons. The minimum atomic E-state index is 0. The molecule has 0 spiro atoms. The second-order valence-electron chi connectivity index (χ2n) is 4.50. The number of hydrogen-bond donors (Lipinski definition) is 2. The number of aliphatic imine (C=N–C) groups is 1. The van der Waals surface area contributed by atoms with Crippen LogP contribution in [0.1, 0.15) is 24.4 Å². The topological polar surface area (TPSA) is 67.1 Å². The zero-order chi connectivity index (χ0) is 14.4. The van der Waals surface area contributed by atoms with Crippen molar-refractivity contribution < 1.29 is 0 Å². The zero-order valence-electron chi connectivity index (χ0n) is 12.4. The molecule has 0 aliphatic carbocycles. The van der Waals surface area contributed by atoms with Crippen LogP contribution in [0.2, 0.25) is 0 Å². The van der Waals surface area contributed by atoms with Crippen LogP contribution in [-0.4, -0.2) is 27.8 Å². The molecular weight excluding hydrogens is 379 g/mol. The second-order valence-corrected chi connectivity index (χ2v) is 4.50. The lowest BCUT2D eigenvalue weighted by Gasteiger charge is -2.18. The lowest BCUT2D eigenvalue weighted by molar-refractivity contribution is 0.651. The van der Waals surface area contributed by atoms with Crippen molar-refractivity contribution in [1.29, 1.82) is 0 Å². The van der Waals surface area contributed by atoms with Gasteiger partial charge in [0.15, 0.2) is 5.96 Å². The first-order valence-corrected chi connectivity index (χ1v) is 6.55. The molecule has 2 aromatic rings. The van der Waals surface area contributed by atoms with Gasteiger partial charge >= 0.3 is 0 Å². The van der Waals surface area contributed by atoms with E-state index in [9.17, 15) is 0 Å². The van der Waals surface area contributed by atoms with E-state index < -0.39 is 0 Å². The van der Waals surface area contributed by atoms with Crippen LogP contribution in [0.25, 0.3) is 0 Å². The summed E-state index contributed by atoms with van der Waals surface area (Å²) in [5, 5.41) is 10.6. The predicted molar refractivity (Wildman–Crippen MR) is 94.6 cm³/mol. The van der Waals surface area contributed by atoms with Gasteiger partial charge in [-0.25, -0.2) is 4.98 Å². The van der Waals surface area contributed by atoms with Crippen molar-refractivity contribution in [3.05, 3.63) is 48.0 Å². The van der Waals surface area contributed by atoms with Gasteiger partial charge in [-0.3, -0.25) is 9.67 Å². The number of aromatic nitrogens is 3. The van der Waals surface area contributed by atoms with Crippen LogP contribution in [-0.2, 0) is 13.6 Å². The van der Waals surface area contributed by atoms with E-state index in [1.54, 1.807) is 18.1 Å². The molecule has 0 aliphatic heterocycles. The molecule has 0 saturated carbocycles. The monoisotopic (exact) mass is 400 g/mol. The number of halogens is 1. The number of aryl methyl sites for hydroxylation is 1. The molecule has 1 aromatic heterocycles. The van der Waals surface area contributed by atoms with Crippen LogP contribution in [0.4, 0.5) is 0 Å². The van der Waals surface area contributed by atoms with Crippen molar-refractivity contribution in [2.45, 2.75) is 19.5 Å². The van der Waals surface area contributed by atoms with Gasteiger partial charge in [0.05, 0.1) is 12.6 Å². The van der Waals surface area contributed by atoms with Crippen LogP contribution >= 0.6 is 24.0 Å². The molecular formula is C14H21IN6. The molecule has 2 N–H and O–H groups in total. The maximum Gasteiger partial charge on any atom is 0.191 e. The summed E-state index contributed by atoms with van der Waals surface area (Å²) in [7, 11) is 3.62. The molecule has 21 heavy (non-hydrogen) atoms. The number of guanidine groups is 1. The van der Waals surface area contributed by atoms with Gasteiger partial charge in [-0.05, 0) is 12.5 Å². The van der Waals surface area contributed by atoms with Crippen LogP contribution < -0.4 is 10.6 Å². The first-order chi connectivity index (χ1) is 9.70. The highest BCUT2D eigenvalue weighted by molar-refractivity contribution is 14.0. The van der Waals surface area contributed by atoms with Crippen LogP contribution in [0.15, 0.2) is 41.7 Å². The van der Waals surface area contributed by atoms with E-state index in [-0.39, 0.29) is 30.0 Å². The SMILES string of the molecule is CN=C(NCc1ncnn1C)NC(C)c1ccccc1.I. The summed E-state index contributed by atoms with van der Waals surface area (Å²) in [4.78, 5) is 8.39. The van der Waals surface area contributed by atoms with E-state index in [1.165, 1.54) is 5.56 Å². The quantitative estimate of drug-likeness (QED) is 0.467. The fourth-order valence-electron chi connectivity index (χ4n) is 1.87. The Morgan fingerprint density at radius 2 is 2.05 bits per heavy atom. The predicted octanol–water partition coefficient (Wildman–Crippen LogP) is 1.86. The van der Waals surface area contributed by atoms with Gasteiger partial charge in [-0.1, -0.05) is 30.3 Å². The number of rotatable bonds is 4. The molecule has 1 heterocycles. The average Bonchev–Trinajstić information content (AvgIpc) is 2.89. The fraction of sp³-hybridized carbons (Fsp3) is 0.357. The molecule has 0 amide bonds. The van der Waals surface area contributed by atoms with Crippen molar-refractivity contribution in [3.63, 3.8) is 0 Å². The van der Waals surface area contributed by atoms with Gasteiger partial charge in [-0.2, -0.15) is 5.10 Å². The summed E-state index contributed by atoms with van der Waals surface area (Å²) in [5.41, 5.74) is 1.22. The van der Waals surface area contributed by atoms with Gasteiger partial charge in [0.1, 0.15) is 12.2 Å². The first kappa shape index (κ1) is 17.4. The number of benzene rings is 1. The maximum absolute atomic E-state index is 4.22. The fourth-order valence-corrected chi connectivity index (χ4v) is 1.87. The zero-order valence-corrected chi connectivity index (χ0v) is 14.8. The number of nitrogens with one attached hydrogen (secondary N) is 2. The van der Waals surface area contributed by atoms with E-state index in [0.29, 0.717) is 6.54 Å². The molecule has 6 nitrogen and oxygen atoms in total. The molecule has 0 fully saturated rings. The maximum atomic E-state index is 4.22. The Balaban J connectivity index is 0.00000220. The van der Waals surface area contributed by atoms with Gasteiger partial charge in [0, 0.05) is 14.1 Å². The third-order valence-electron chi connectivity index (χ3n) is 3.10. The van der Waals surface area contributed by atoms with Gasteiger partial charge in [-0.15, -0.1) is 24.0 Å². The molecule has 1 unspecified atom stereocenters. The Labute approximate surface area is 142 Å². The Kier molecular flexibility index (Phi) is 7.13. The lowest BCUT2D eigenvalue weighted by Crippen LogP contribution is -2.38. The first-order valence-electron chi connectivity index (χ1n) is 6.55. The Hall–Kier alpha value is -1.64. The van der Waals surface area contributed by atoms with Crippen LogP contribution in [0, 0.1) is 0 Å². The largest absolute Gasteiger partial charge is 0.350 e. The summed E-state index contributed by atoms with van der Waals surface area (Å²) >= 11 is 0. The van der Waals surface area contributed by atoms with Gasteiger partial charge in [0.2, 0.25) is 0 Å². The molecule has 0 aliphatic rings. The molecule has 2 rings (SSSR count). The lowest BCUT2D eigenvalue weighted by atomic mass is 10.1. The minimum absolute atomic E-state index is 0. The normalized spacial score (nSPS) is 12.4. The molecule has 0 bridgehead atoms. The van der Waals surface area contributed by atoms with Crippen molar-refractivity contribution in [1.82, 2.24) is 25.4 Å². The van der Waals surface area contributed by atoms with E-state index in [4.69, 9.17) is 0 Å². The molecule has 7 heteroatoms. The number of nitrogens with zero attached hydrogens (tertiary/aromatic N) is 4. The molecule has 114 valence electrons. The number of hydrogen-bond acceptors (Lipinski definition) is 3. The summed E-state index contributed by atoms with van der Waals surface area (Å²) in [6.07, 6.45) is 1.54. The summed E-state index contributed by atoms with van der Waals surface area (Å²) in [6, 6.07) is 10.4. The summed E-state index contributed by atoms with van der Waals surface area (Å²) < 4.78 is 1.74. The van der Waals surface area contributed by atoms with Crippen molar-refractivity contribution in [3.8, 4) is 0 Å².